The largest absolute Gasteiger partial charge is 0.506 e. The molecule has 1 aromatic carbocycles. The zero-order valence-electron chi connectivity index (χ0n) is 11.3. The van der Waals surface area contributed by atoms with Crippen molar-refractivity contribution < 1.29 is 14.8 Å². The Morgan fingerprint density at radius 2 is 2.19 bits per heavy atom. The summed E-state index contributed by atoms with van der Waals surface area (Å²) in [6.45, 7) is 3.77. The minimum absolute atomic E-state index is 0.0743. The first-order valence-corrected chi connectivity index (χ1v) is 6.09. The predicted octanol–water partition coefficient (Wildman–Crippen LogP) is 1.79. The maximum Gasteiger partial charge on any atom is 0.295 e. The molecular formula is C12H13N5O4. The summed E-state index contributed by atoms with van der Waals surface area (Å²) in [5, 5.41) is 29.0. The monoisotopic (exact) mass is 291 g/mol. The van der Waals surface area contributed by atoms with Crippen LogP contribution in [0.2, 0.25) is 0 Å². The van der Waals surface area contributed by atoms with E-state index in [0.717, 1.165) is 18.2 Å². The van der Waals surface area contributed by atoms with E-state index in [0.29, 0.717) is 5.82 Å². The number of phenols is 1. The first-order valence-electron chi connectivity index (χ1n) is 6.09. The lowest BCUT2D eigenvalue weighted by Gasteiger charge is -2.04. The molecule has 0 saturated heterocycles. The summed E-state index contributed by atoms with van der Waals surface area (Å²) in [6.07, 6.45) is 0. The van der Waals surface area contributed by atoms with Crippen LogP contribution >= 0.6 is 0 Å². The quantitative estimate of drug-likeness (QED) is 0.446. The highest BCUT2D eigenvalue weighted by Crippen LogP contribution is 2.28. The Morgan fingerprint density at radius 1 is 1.48 bits per heavy atom. The summed E-state index contributed by atoms with van der Waals surface area (Å²) in [5.74, 6) is -0.444. The van der Waals surface area contributed by atoms with Crippen LogP contribution in [0.25, 0.3) is 0 Å². The molecule has 2 aromatic rings. The second-order valence-electron chi connectivity index (χ2n) is 4.61. The lowest BCUT2D eigenvalue weighted by atomic mass is 10.2. The third-order valence-electron chi connectivity index (χ3n) is 2.69. The minimum Gasteiger partial charge on any atom is -0.506 e. The highest BCUT2D eigenvalue weighted by Gasteiger charge is 2.17. The van der Waals surface area contributed by atoms with Gasteiger partial charge in [-0.05, 0) is 6.07 Å². The number of carbonyl (C=O) groups excluding carboxylic acids is 1. The predicted molar refractivity (Wildman–Crippen MR) is 73.2 cm³/mol. The van der Waals surface area contributed by atoms with Gasteiger partial charge < -0.3 is 10.4 Å². The number of rotatable bonds is 4. The van der Waals surface area contributed by atoms with Crippen LogP contribution in [0.3, 0.4) is 0 Å². The number of aromatic nitrogens is 3. The number of non-ortho nitro benzene ring substituents is 1. The van der Waals surface area contributed by atoms with Crippen molar-refractivity contribution in [1.82, 2.24) is 15.2 Å². The van der Waals surface area contributed by atoms with E-state index in [-0.39, 0.29) is 28.9 Å². The van der Waals surface area contributed by atoms with Crippen molar-refractivity contribution in [2.45, 2.75) is 19.8 Å². The van der Waals surface area contributed by atoms with Crippen LogP contribution in [0, 0.1) is 10.1 Å². The Labute approximate surface area is 119 Å². The molecule has 3 N–H and O–H groups in total. The number of aromatic hydroxyl groups is 1. The van der Waals surface area contributed by atoms with Gasteiger partial charge >= 0.3 is 0 Å². The van der Waals surface area contributed by atoms with Crippen LogP contribution in [-0.4, -0.2) is 31.1 Å². The zero-order chi connectivity index (χ0) is 15.6. The first-order chi connectivity index (χ1) is 9.88. The van der Waals surface area contributed by atoms with E-state index in [4.69, 9.17) is 0 Å². The van der Waals surface area contributed by atoms with Crippen LogP contribution in [0.5, 0.6) is 5.75 Å². The molecule has 0 radical (unpaired) electrons. The van der Waals surface area contributed by atoms with Gasteiger partial charge in [0.15, 0.2) is 0 Å². The van der Waals surface area contributed by atoms with Crippen LogP contribution in [0.15, 0.2) is 18.2 Å². The summed E-state index contributed by atoms with van der Waals surface area (Å²) >= 11 is 0. The van der Waals surface area contributed by atoms with E-state index in [1.165, 1.54) is 0 Å². The lowest BCUT2D eigenvalue weighted by molar-refractivity contribution is -0.384. The molecule has 0 aliphatic rings. The molecule has 9 nitrogen and oxygen atoms in total. The molecule has 0 unspecified atom stereocenters. The summed E-state index contributed by atoms with van der Waals surface area (Å²) < 4.78 is 0. The van der Waals surface area contributed by atoms with Gasteiger partial charge in [-0.2, -0.15) is 0 Å². The van der Waals surface area contributed by atoms with Gasteiger partial charge in [0.1, 0.15) is 11.6 Å². The van der Waals surface area contributed by atoms with Gasteiger partial charge in [0.25, 0.3) is 11.6 Å². The van der Waals surface area contributed by atoms with Crippen molar-refractivity contribution in [2.75, 3.05) is 5.32 Å². The highest BCUT2D eigenvalue weighted by atomic mass is 16.6. The van der Waals surface area contributed by atoms with E-state index in [1.54, 1.807) is 0 Å². The van der Waals surface area contributed by atoms with Crippen LogP contribution in [0.1, 0.15) is 36.2 Å². The number of carbonyl (C=O) groups is 1. The number of nitro benzene ring substituents is 1. The number of anilines is 1. The normalized spacial score (nSPS) is 10.6. The second-order valence-corrected chi connectivity index (χ2v) is 4.61. The molecule has 21 heavy (non-hydrogen) atoms. The average molecular weight is 291 g/mol. The minimum atomic E-state index is -0.672. The van der Waals surface area contributed by atoms with E-state index in [9.17, 15) is 20.0 Å². The number of aromatic amines is 1. The fourth-order valence-electron chi connectivity index (χ4n) is 1.55. The number of H-pyrrole nitrogens is 1. The highest BCUT2D eigenvalue weighted by molar-refractivity contribution is 6.02. The second kappa shape index (κ2) is 5.57. The molecule has 0 spiro atoms. The Morgan fingerprint density at radius 3 is 2.76 bits per heavy atom. The van der Waals surface area contributed by atoms with E-state index < -0.39 is 10.8 Å². The molecule has 1 amide bonds. The van der Waals surface area contributed by atoms with Gasteiger partial charge in [-0.15, -0.1) is 5.10 Å². The maximum atomic E-state index is 11.9. The van der Waals surface area contributed by atoms with E-state index in [1.807, 2.05) is 13.8 Å². The van der Waals surface area contributed by atoms with Crippen molar-refractivity contribution in [3.05, 3.63) is 40.0 Å². The summed E-state index contributed by atoms with van der Waals surface area (Å²) in [7, 11) is 0. The number of hydrogen-bond acceptors (Lipinski definition) is 6. The fourth-order valence-corrected chi connectivity index (χ4v) is 1.55. The van der Waals surface area contributed by atoms with Crippen LogP contribution in [-0.2, 0) is 0 Å². The molecule has 1 heterocycles. The number of nitrogens with zero attached hydrogens (tertiary/aromatic N) is 3. The maximum absolute atomic E-state index is 11.9. The van der Waals surface area contributed by atoms with Crippen LogP contribution < -0.4 is 5.32 Å². The number of nitrogens with one attached hydrogen (secondary N) is 2. The number of hydrogen-bond donors (Lipinski definition) is 3. The Kier molecular flexibility index (Phi) is 3.83. The molecule has 0 aliphatic heterocycles. The number of nitro groups is 1. The first kappa shape index (κ1) is 14.4. The smallest absolute Gasteiger partial charge is 0.295 e. The van der Waals surface area contributed by atoms with Crippen LogP contribution in [0.4, 0.5) is 11.4 Å². The average Bonchev–Trinajstić information content (AvgIpc) is 2.90. The summed E-state index contributed by atoms with van der Waals surface area (Å²) in [4.78, 5) is 26.0. The van der Waals surface area contributed by atoms with E-state index >= 15 is 0 Å². The topological polar surface area (TPSA) is 134 Å². The molecule has 0 fully saturated rings. The van der Waals surface area contributed by atoms with Crippen molar-refractivity contribution in [2.24, 2.45) is 0 Å². The van der Waals surface area contributed by atoms with Gasteiger partial charge in [0, 0.05) is 18.1 Å². The van der Waals surface area contributed by atoms with Crippen molar-refractivity contribution in [3.63, 3.8) is 0 Å². The SMILES string of the molecule is CC(C)c1nc(C(=O)Nc2cc([N+](=O)[O-])ccc2O)n[nH]1. The van der Waals surface area contributed by atoms with Crippen molar-refractivity contribution in [3.8, 4) is 5.75 Å². The molecule has 0 aliphatic carbocycles. The molecule has 2 rings (SSSR count). The molecule has 110 valence electrons. The Hall–Kier alpha value is -2.97. The Bertz CT molecular complexity index is 695. The lowest BCUT2D eigenvalue weighted by Crippen LogP contribution is -2.14. The molecule has 0 bridgehead atoms. The molecule has 0 atom stereocenters. The fraction of sp³-hybridized carbons (Fsp3) is 0.250. The molecule has 1 aromatic heterocycles. The van der Waals surface area contributed by atoms with Gasteiger partial charge in [0.05, 0.1) is 10.6 Å². The van der Waals surface area contributed by atoms with Gasteiger partial charge in [-0.1, -0.05) is 13.8 Å². The summed E-state index contributed by atoms with van der Waals surface area (Å²) in [5.41, 5.74) is -0.328. The molecule has 9 heteroatoms. The van der Waals surface area contributed by atoms with Gasteiger partial charge in [0.2, 0.25) is 5.82 Å². The Balaban J connectivity index is 2.22. The third kappa shape index (κ3) is 3.14. The van der Waals surface area contributed by atoms with Crippen molar-refractivity contribution in [1.29, 1.82) is 0 Å². The van der Waals surface area contributed by atoms with Crippen molar-refractivity contribution >= 4 is 17.3 Å². The number of amides is 1. The summed E-state index contributed by atoms with van der Waals surface area (Å²) in [6, 6.07) is 3.32. The van der Waals surface area contributed by atoms with Gasteiger partial charge in [-0.3, -0.25) is 20.0 Å². The molecular weight excluding hydrogens is 278 g/mol. The van der Waals surface area contributed by atoms with E-state index in [2.05, 4.69) is 20.5 Å². The van der Waals surface area contributed by atoms with Gasteiger partial charge in [-0.25, -0.2) is 4.98 Å². The molecule has 0 saturated carbocycles. The standard InChI is InChI=1S/C12H13N5O4/c1-6(2)10-14-11(16-15-10)12(19)13-8-5-7(17(20)21)3-4-9(8)18/h3-6,18H,1-2H3,(H,13,19)(H,14,15,16). The zero-order valence-corrected chi connectivity index (χ0v) is 11.3. The number of benzene rings is 1. The third-order valence-corrected chi connectivity index (χ3v) is 2.69. The number of phenolic OH excluding ortho intramolecular Hbond substituents is 1.